The van der Waals surface area contributed by atoms with Crippen LogP contribution in [0, 0.1) is 0 Å². The molecule has 0 atom stereocenters. The molecular formula is C17H22N2OS. The first-order valence-corrected chi connectivity index (χ1v) is 8.64. The Kier molecular flexibility index (Phi) is 4.44. The van der Waals surface area contributed by atoms with Crippen LogP contribution < -0.4 is 11.1 Å². The van der Waals surface area contributed by atoms with Crippen LogP contribution in [0.2, 0.25) is 0 Å². The molecule has 1 aromatic carbocycles. The lowest BCUT2D eigenvalue weighted by atomic mass is 9.97. The van der Waals surface area contributed by atoms with Crippen LogP contribution >= 0.6 is 11.3 Å². The summed E-state index contributed by atoms with van der Waals surface area (Å²) in [5.41, 5.74) is 6.54. The summed E-state index contributed by atoms with van der Waals surface area (Å²) in [6.07, 6.45) is 8.64. The first-order valence-electron chi connectivity index (χ1n) is 7.82. The summed E-state index contributed by atoms with van der Waals surface area (Å²) in [7, 11) is 0. The van der Waals surface area contributed by atoms with Gasteiger partial charge in [-0.25, -0.2) is 0 Å². The molecular weight excluding hydrogens is 280 g/mol. The summed E-state index contributed by atoms with van der Waals surface area (Å²) in [4.78, 5) is 13.2. The molecule has 1 saturated carbocycles. The van der Waals surface area contributed by atoms with Crippen LogP contribution in [-0.2, 0) is 0 Å². The van der Waals surface area contributed by atoms with Crippen molar-refractivity contribution >= 4 is 33.0 Å². The number of anilines is 1. The quantitative estimate of drug-likeness (QED) is 0.811. The Bertz CT molecular complexity index is 627. The van der Waals surface area contributed by atoms with Crippen LogP contribution in [0.5, 0.6) is 0 Å². The van der Waals surface area contributed by atoms with Crippen molar-refractivity contribution in [2.75, 3.05) is 5.73 Å². The molecule has 1 heterocycles. The fraction of sp³-hybridized carbons (Fsp3) is 0.471. The Morgan fingerprint density at radius 1 is 1.10 bits per heavy atom. The van der Waals surface area contributed by atoms with E-state index in [-0.39, 0.29) is 5.91 Å². The van der Waals surface area contributed by atoms with Crippen molar-refractivity contribution < 1.29 is 4.79 Å². The summed E-state index contributed by atoms with van der Waals surface area (Å²) in [6, 6.07) is 8.10. The lowest BCUT2D eigenvalue weighted by Crippen LogP contribution is -2.34. The van der Waals surface area contributed by atoms with E-state index in [1.54, 1.807) is 11.3 Å². The molecule has 1 amide bonds. The number of hydrogen-bond donors (Lipinski definition) is 2. The Labute approximate surface area is 129 Å². The van der Waals surface area contributed by atoms with Gasteiger partial charge in [-0.05, 0) is 42.5 Å². The van der Waals surface area contributed by atoms with E-state index in [1.165, 1.54) is 32.1 Å². The summed E-state index contributed by atoms with van der Waals surface area (Å²) in [5.74, 6) is 0.0698. The van der Waals surface area contributed by atoms with Crippen LogP contribution in [-0.4, -0.2) is 11.9 Å². The second kappa shape index (κ2) is 6.48. The fourth-order valence-electron chi connectivity index (χ4n) is 3.03. The van der Waals surface area contributed by atoms with Gasteiger partial charge in [0.05, 0.1) is 4.88 Å². The Balaban J connectivity index is 1.70. The number of benzene rings is 1. The molecule has 0 saturated heterocycles. The van der Waals surface area contributed by atoms with Gasteiger partial charge in [0.2, 0.25) is 0 Å². The maximum atomic E-state index is 12.4. The van der Waals surface area contributed by atoms with E-state index >= 15 is 0 Å². The van der Waals surface area contributed by atoms with Gasteiger partial charge in [-0.3, -0.25) is 4.79 Å². The molecule has 2 aromatic rings. The van der Waals surface area contributed by atoms with E-state index in [9.17, 15) is 4.79 Å². The third kappa shape index (κ3) is 3.56. The fourth-order valence-corrected chi connectivity index (χ4v) is 3.98. The van der Waals surface area contributed by atoms with Crippen LogP contribution in [0.1, 0.15) is 54.6 Å². The van der Waals surface area contributed by atoms with E-state index < -0.39 is 0 Å². The summed E-state index contributed by atoms with van der Waals surface area (Å²) in [5, 5.41) is 4.28. The number of hydrogen-bond acceptors (Lipinski definition) is 3. The highest BCUT2D eigenvalue weighted by molar-refractivity contribution is 7.20. The van der Waals surface area contributed by atoms with Gasteiger partial charge >= 0.3 is 0 Å². The van der Waals surface area contributed by atoms with Crippen molar-refractivity contribution in [3.63, 3.8) is 0 Å². The van der Waals surface area contributed by atoms with Crippen LogP contribution in [0.15, 0.2) is 24.3 Å². The number of nitrogen functional groups attached to an aromatic ring is 1. The van der Waals surface area contributed by atoms with Gasteiger partial charge in [0.15, 0.2) is 0 Å². The number of fused-ring (bicyclic) bond motifs is 1. The smallest absolute Gasteiger partial charge is 0.261 e. The minimum Gasteiger partial charge on any atom is -0.399 e. The third-order valence-corrected chi connectivity index (χ3v) is 5.32. The average molecular weight is 302 g/mol. The molecule has 112 valence electrons. The number of nitrogens with two attached hydrogens (primary N) is 1. The topological polar surface area (TPSA) is 55.1 Å². The Hall–Kier alpha value is -1.55. The van der Waals surface area contributed by atoms with Gasteiger partial charge in [-0.15, -0.1) is 11.3 Å². The molecule has 3 rings (SSSR count). The zero-order chi connectivity index (χ0) is 14.7. The average Bonchev–Trinajstić information content (AvgIpc) is 2.84. The molecule has 3 nitrogen and oxygen atoms in total. The number of rotatable bonds is 2. The molecule has 1 aliphatic carbocycles. The maximum absolute atomic E-state index is 12.4. The van der Waals surface area contributed by atoms with Gasteiger partial charge in [-0.2, -0.15) is 0 Å². The SMILES string of the molecule is Nc1ccc2sc(C(=O)NC3CCCCCCC3)cc2c1. The van der Waals surface area contributed by atoms with Crippen LogP contribution in [0.4, 0.5) is 5.69 Å². The van der Waals surface area contributed by atoms with E-state index in [2.05, 4.69) is 5.32 Å². The lowest BCUT2D eigenvalue weighted by molar-refractivity contribution is 0.0934. The van der Waals surface area contributed by atoms with E-state index in [1.807, 2.05) is 24.3 Å². The van der Waals surface area contributed by atoms with E-state index in [4.69, 9.17) is 5.73 Å². The predicted molar refractivity (Wildman–Crippen MR) is 89.8 cm³/mol. The zero-order valence-corrected chi connectivity index (χ0v) is 13.0. The first kappa shape index (κ1) is 14.4. The van der Waals surface area contributed by atoms with Gasteiger partial charge < -0.3 is 11.1 Å². The highest BCUT2D eigenvalue weighted by Crippen LogP contribution is 2.27. The molecule has 0 radical (unpaired) electrons. The van der Waals surface area contributed by atoms with Crippen LogP contribution in [0.25, 0.3) is 10.1 Å². The Morgan fingerprint density at radius 2 is 1.81 bits per heavy atom. The number of carbonyl (C=O) groups excluding carboxylic acids is 1. The van der Waals surface area contributed by atoms with Gasteiger partial charge in [-0.1, -0.05) is 32.1 Å². The normalized spacial score (nSPS) is 17.3. The summed E-state index contributed by atoms with van der Waals surface area (Å²) < 4.78 is 1.12. The number of thiophene rings is 1. The van der Waals surface area contributed by atoms with Gasteiger partial charge in [0.25, 0.3) is 5.91 Å². The highest BCUT2D eigenvalue weighted by atomic mass is 32.1. The molecule has 0 spiro atoms. The van der Waals surface area contributed by atoms with Crippen molar-refractivity contribution in [3.05, 3.63) is 29.1 Å². The standard InChI is InChI=1S/C17H22N2OS/c18-13-8-9-15-12(10-13)11-16(21-15)17(20)19-14-6-4-2-1-3-5-7-14/h8-11,14H,1-7,18H2,(H,19,20). The highest BCUT2D eigenvalue weighted by Gasteiger charge is 2.16. The molecule has 21 heavy (non-hydrogen) atoms. The van der Waals surface area contributed by atoms with Crippen molar-refractivity contribution in [1.82, 2.24) is 5.32 Å². The molecule has 1 aliphatic rings. The predicted octanol–water partition coefficient (Wildman–Crippen LogP) is 4.33. The van der Waals surface area contributed by atoms with Crippen molar-refractivity contribution in [2.45, 2.75) is 51.0 Å². The molecule has 1 aromatic heterocycles. The van der Waals surface area contributed by atoms with Crippen LogP contribution in [0.3, 0.4) is 0 Å². The first-order chi connectivity index (χ1) is 10.2. The second-order valence-electron chi connectivity index (χ2n) is 5.92. The monoisotopic (exact) mass is 302 g/mol. The molecule has 0 aliphatic heterocycles. The Morgan fingerprint density at radius 3 is 2.57 bits per heavy atom. The molecule has 4 heteroatoms. The largest absolute Gasteiger partial charge is 0.399 e. The minimum atomic E-state index is 0.0698. The summed E-state index contributed by atoms with van der Waals surface area (Å²) >= 11 is 1.54. The third-order valence-electron chi connectivity index (χ3n) is 4.20. The van der Waals surface area contributed by atoms with Gasteiger partial charge in [0, 0.05) is 16.4 Å². The number of carbonyl (C=O) groups is 1. The lowest BCUT2D eigenvalue weighted by Gasteiger charge is -2.20. The van der Waals surface area contributed by atoms with Crippen molar-refractivity contribution in [2.24, 2.45) is 0 Å². The summed E-state index contributed by atoms with van der Waals surface area (Å²) in [6.45, 7) is 0. The van der Waals surface area contributed by atoms with E-state index in [0.29, 0.717) is 6.04 Å². The zero-order valence-electron chi connectivity index (χ0n) is 12.2. The maximum Gasteiger partial charge on any atom is 0.261 e. The van der Waals surface area contributed by atoms with E-state index in [0.717, 1.165) is 33.5 Å². The molecule has 0 bridgehead atoms. The van der Waals surface area contributed by atoms with Gasteiger partial charge in [0.1, 0.15) is 0 Å². The second-order valence-corrected chi connectivity index (χ2v) is 7.01. The number of nitrogens with one attached hydrogen (secondary N) is 1. The minimum absolute atomic E-state index is 0.0698. The van der Waals surface area contributed by atoms with Crippen molar-refractivity contribution in [3.8, 4) is 0 Å². The molecule has 1 fully saturated rings. The molecule has 3 N–H and O–H groups in total. The molecule has 0 unspecified atom stereocenters. The number of amides is 1. The van der Waals surface area contributed by atoms with Crippen molar-refractivity contribution in [1.29, 1.82) is 0 Å².